The van der Waals surface area contributed by atoms with Crippen molar-refractivity contribution in [1.29, 1.82) is 0 Å². The number of fused-ring (bicyclic) bond motifs is 2. The van der Waals surface area contributed by atoms with Crippen molar-refractivity contribution in [2.24, 2.45) is 11.8 Å². The fourth-order valence-electron chi connectivity index (χ4n) is 6.00. The molecule has 0 aromatic heterocycles. The van der Waals surface area contributed by atoms with Gasteiger partial charge in [-0.05, 0) is 30.7 Å². The highest BCUT2D eigenvalue weighted by molar-refractivity contribution is 6.06. The van der Waals surface area contributed by atoms with E-state index in [0.717, 1.165) is 0 Å². The topological polar surface area (TPSA) is 99.6 Å². The third-order valence-electron chi connectivity index (χ3n) is 7.76. The number of rotatable bonds is 5. The second kappa shape index (κ2) is 8.80. The van der Waals surface area contributed by atoms with E-state index in [2.05, 4.69) is 0 Å². The lowest BCUT2D eigenvalue weighted by molar-refractivity contribution is -0.146. The number of benzene rings is 1. The van der Waals surface area contributed by atoms with Gasteiger partial charge in [0.15, 0.2) is 0 Å². The number of ether oxygens (including phenoxy) is 2. The molecule has 1 N–H and O–H groups in total. The summed E-state index contributed by atoms with van der Waals surface area (Å²) in [6.07, 6.45) is 7.21. The zero-order valence-electron chi connectivity index (χ0n) is 20.2. The number of carbonyl (C=O) groups excluding carboxylic acids is 3. The van der Waals surface area contributed by atoms with E-state index in [4.69, 9.17) is 9.47 Å². The van der Waals surface area contributed by atoms with Crippen LogP contribution in [0.3, 0.4) is 0 Å². The number of aliphatic hydroxyl groups is 1. The van der Waals surface area contributed by atoms with Crippen LogP contribution in [0.5, 0.6) is 5.75 Å². The molecule has 4 aliphatic heterocycles. The van der Waals surface area contributed by atoms with Gasteiger partial charge in [-0.3, -0.25) is 14.4 Å². The number of amides is 3. The van der Waals surface area contributed by atoms with Gasteiger partial charge in [0.05, 0.1) is 37.7 Å². The molecule has 0 aliphatic carbocycles. The number of methoxy groups -OCH3 is 1. The van der Waals surface area contributed by atoms with E-state index < -0.39 is 35.6 Å². The van der Waals surface area contributed by atoms with Crippen LogP contribution in [0.1, 0.15) is 13.3 Å². The summed E-state index contributed by atoms with van der Waals surface area (Å²) >= 11 is 0. The summed E-state index contributed by atoms with van der Waals surface area (Å²) < 4.78 is 11.8. The molecule has 3 amide bonds. The number of carbonyl (C=O) groups is 3. The molecule has 186 valence electrons. The first-order valence-corrected chi connectivity index (χ1v) is 12.0. The highest BCUT2D eigenvalue weighted by atomic mass is 16.5. The Kier molecular flexibility index (Phi) is 5.93. The van der Waals surface area contributed by atoms with Crippen molar-refractivity contribution in [1.82, 2.24) is 9.80 Å². The van der Waals surface area contributed by atoms with Gasteiger partial charge < -0.3 is 29.3 Å². The quantitative estimate of drug-likeness (QED) is 0.630. The van der Waals surface area contributed by atoms with E-state index in [-0.39, 0.29) is 30.9 Å². The van der Waals surface area contributed by atoms with Gasteiger partial charge in [-0.1, -0.05) is 31.2 Å². The number of anilines is 1. The highest BCUT2D eigenvalue weighted by Crippen LogP contribution is 2.54. The van der Waals surface area contributed by atoms with Crippen molar-refractivity contribution >= 4 is 23.4 Å². The van der Waals surface area contributed by atoms with E-state index in [1.165, 1.54) is 4.90 Å². The van der Waals surface area contributed by atoms with Crippen LogP contribution in [-0.2, 0) is 19.1 Å². The molecule has 4 aliphatic rings. The monoisotopic (exact) mass is 481 g/mol. The number of likely N-dealkylation sites (tertiary alicyclic amines) is 1. The molecule has 9 heteroatoms. The highest BCUT2D eigenvalue weighted by Gasteiger charge is 2.72. The van der Waals surface area contributed by atoms with Gasteiger partial charge in [0.25, 0.3) is 5.91 Å². The van der Waals surface area contributed by atoms with Gasteiger partial charge in [0.2, 0.25) is 11.8 Å². The molecule has 9 nitrogen and oxygen atoms in total. The van der Waals surface area contributed by atoms with Gasteiger partial charge in [0, 0.05) is 25.8 Å². The van der Waals surface area contributed by atoms with Gasteiger partial charge in [0.1, 0.15) is 17.4 Å². The van der Waals surface area contributed by atoms with Gasteiger partial charge >= 0.3 is 0 Å². The predicted molar refractivity (Wildman–Crippen MR) is 128 cm³/mol. The Labute approximate surface area is 204 Å². The van der Waals surface area contributed by atoms with Crippen LogP contribution in [-0.4, -0.2) is 90.3 Å². The van der Waals surface area contributed by atoms with Crippen molar-refractivity contribution in [2.75, 3.05) is 38.8 Å². The molecule has 0 saturated carbocycles. The lowest BCUT2D eigenvalue weighted by Gasteiger charge is -2.38. The lowest BCUT2D eigenvalue weighted by atomic mass is 9.77. The largest absolute Gasteiger partial charge is 0.497 e. The Hall–Kier alpha value is -3.17. The second-order valence-electron chi connectivity index (χ2n) is 9.53. The Balaban J connectivity index is 1.63. The maximum atomic E-state index is 14.2. The van der Waals surface area contributed by atoms with Crippen LogP contribution in [0.2, 0.25) is 0 Å². The molecule has 0 bridgehead atoms. The number of aliphatic hydroxyl groups excluding tert-OH is 1. The first kappa shape index (κ1) is 23.6. The zero-order valence-corrected chi connectivity index (χ0v) is 20.2. The van der Waals surface area contributed by atoms with Crippen molar-refractivity contribution in [3.63, 3.8) is 0 Å². The van der Waals surface area contributed by atoms with Gasteiger partial charge in [-0.15, -0.1) is 0 Å². The fraction of sp³-hybridized carbons (Fsp3) is 0.500. The van der Waals surface area contributed by atoms with Crippen LogP contribution in [0.4, 0.5) is 5.69 Å². The van der Waals surface area contributed by atoms with E-state index >= 15 is 0 Å². The minimum atomic E-state index is -1.30. The van der Waals surface area contributed by atoms with Gasteiger partial charge in [-0.25, -0.2) is 0 Å². The second-order valence-corrected chi connectivity index (χ2v) is 9.53. The van der Waals surface area contributed by atoms with E-state index in [9.17, 15) is 19.5 Å². The first-order chi connectivity index (χ1) is 16.9. The van der Waals surface area contributed by atoms with Crippen LogP contribution in [0.25, 0.3) is 0 Å². The number of nitrogens with zero attached hydrogens (tertiary/aromatic N) is 3. The summed E-state index contributed by atoms with van der Waals surface area (Å²) in [5.41, 5.74) is -0.640. The van der Waals surface area contributed by atoms with Crippen LogP contribution >= 0.6 is 0 Å². The predicted octanol–water partition coefficient (Wildman–Crippen LogP) is 0.978. The third-order valence-corrected chi connectivity index (χ3v) is 7.76. The molecule has 1 aromatic rings. The summed E-state index contributed by atoms with van der Waals surface area (Å²) in [6, 6.07) is 5.57. The molecule has 1 unspecified atom stereocenters. The Morgan fingerprint density at radius 3 is 2.51 bits per heavy atom. The smallest absolute Gasteiger partial charge is 0.253 e. The van der Waals surface area contributed by atoms with E-state index in [1.807, 2.05) is 31.2 Å². The van der Waals surface area contributed by atoms with Crippen LogP contribution < -0.4 is 9.64 Å². The normalized spacial score (nSPS) is 32.8. The summed E-state index contributed by atoms with van der Waals surface area (Å²) in [7, 11) is 3.28. The van der Waals surface area contributed by atoms with Crippen molar-refractivity contribution in [3.8, 4) is 5.75 Å². The average molecular weight is 482 g/mol. The minimum Gasteiger partial charge on any atom is -0.497 e. The summed E-state index contributed by atoms with van der Waals surface area (Å²) in [6.45, 7) is 2.30. The van der Waals surface area contributed by atoms with E-state index in [1.54, 1.807) is 48.2 Å². The zero-order chi connectivity index (χ0) is 24.9. The molecule has 4 heterocycles. The van der Waals surface area contributed by atoms with E-state index in [0.29, 0.717) is 24.4 Å². The molecule has 1 aromatic carbocycles. The summed E-state index contributed by atoms with van der Waals surface area (Å²) in [5.74, 6) is -1.73. The molecule has 6 atom stereocenters. The Bertz CT molecular complexity index is 1080. The fourth-order valence-corrected chi connectivity index (χ4v) is 6.00. The lowest BCUT2D eigenvalue weighted by Crippen LogP contribution is -2.58. The average Bonchev–Trinajstić information content (AvgIpc) is 3.19. The maximum absolute atomic E-state index is 14.2. The summed E-state index contributed by atoms with van der Waals surface area (Å²) in [5, 5.41) is 10.1. The van der Waals surface area contributed by atoms with Crippen molar-refractivity contribution in [3.05, 3.63) is 48.6 Å². The van der Waals surface area contributed by atoms with Crippen molar-refractivity contribution < 1.29 is 29.0 Å². The van der Waals surface area contributed by atoms with Crippen LogP contribution in [0.15, 0.2) is 48.6 Å². The molecule has 0 radical (unpaired) electrons. The number of likely N-dealkylation sites (N-methyl/N-ethyl adjacent to an activating group) is 1. The molecule has 2 saturated heterocycles. The standard InChI is InChI=1S/C26H31N3O6/c1-4-16(15-30)29-22-25(33)28(17-8-10-18(34-3)11-9-17)14-6-12-26(22)21(24(29)32)20-19(35-26)7-5-13-27(2)23(20)31/h5-12,16,19-22,30H,4,13-15H2,1-3H3/t16-,19+,20-,21-,22?,26-/m0/s1. The molecular formula is C26H31N3O6. The number of hydrogen-bond donors (Lipinski definition) is 1. The Morgan fingerprint density at radius 2 is 1.86 bits per heavy atom. The molecule has 5 rings (SSSR count). The molecule has 2 fully saturated rings. The van der Waals surface area contributed by atoms with Gasteiger partial charge in [-0.2, -0.15) is 0 Å². The molecular weight excluding hydrogens is 450 g/mol. The minimum absolute atomic E-state index is 0.176. The third kappa shape index (κ3) is 3.40. The first-order valence-electron chi connectivity index (χ1n) is 12.0. The van der Waals surface area contributed by atoms with Crippen molar-refractivity contribution in [2.45, 2.75) is 37.1 Å². The number of hydrogen-bond acceptors (Lipinski definition) is 6. The maximum Gasteiger partial charge on any atom is 0.253 e. The summed E-state index contributed by atoms with van der Waals surface area (Å²) in [4.78, 5) is 46.3. The Morgan fingerprint density at radius 1 is 1.11 bits per heavy atom. The molecule has 1 spiro atoms. The SMILES string of the molecule is CC[C@@H](CO)N1C(=O)[C@@H]2[C@H]3C(=O)N(C)CC=C[C@H]3O[C@@]23C=CCN(c2ccc(OC)cc2)C(=O)C13. The van der Waals surface area contributed by atoms with Crippen LogP contribution in [0, 0.1) is 11.8 Å². The molecule has 35 heavy (non-hydrogen) atoms.